The van der Waals surface area contributed by atoms with E-state index >= 15 is 0 Å². The molecule has 5 nitrogen and oxygen atoms in total. The first-order chi connectivity index (χ1) is 12.1. The third-order valence-electron chi connectivity index (χ3n) is 4.21. The van der Waals surface area contributed by atoms with Gasteiger partial charge in [0.05, 0.1) is 34.0 Å². The van der Waals surface area contributed by atoms with E-state index in [1.165, 1.54) is 4.68 Å². The summed E-state index contributed by atoms with van der Waals surface area (Å²) in [6.07, 6.45) is 1.74. The minimum Gasteiger partial charge on any atom is -0.265 e. The second-order valence-corrected chi connectivity index (χ2v) is 8.56. The smallest absolute Gasteiger partial charge is 0.265 e. The zero-order chi connectivity index (χ0) is 19.2. The summed E-state index contributed by atoms with van der Waals surface area (Å²) >= 11 is 12.1. The molecular weight excluding hydrogens is 371 g/mol. The quantitative estimate of drug-likeness (QED) is 0.641. The molecule has 3 rings (SSSR count). The topological polar surface area (TPSA) is 52.7 Å². The van der Waals surface area contributed by atoms with Crippen molar-refractivity contribution in [2.45, 2.75) is 52.6 Å². The molecule has 2 aromatic heterocycles. The fraction of sp³-hybridized carbons (Fsp3) is 0.421. The number of hydrogen-bond donors (Lipinski definition) is 0. The fourth-order valence-electron chi connectivity index (χ4n) is 2.95. The van der Waals surface area contributed by atoms with Crippen molar-refractivity contribution in [1.82, 2.24) is 19.6 Å². The normalized spacial score (nSPS) is 12.3. The fourth-order valence-corrected chi connectivity index (χ4v) is 3.27. The Kier molecular flexibility index (Phi) is 4.88. The molecule has 2 heterocycles. The van der Waals surface area contributed by atoms with Gasteiger partial charge in [0.2, 0.25) is 0 Å². The summed E-state index contributed by atoms with van der Waals surface area (Å²) in [5.74, 6) is 0.163. The van der Waals surface area contributed by atoms with Crippen LogP contribution in [0.2, 0.25) is 10.0 Å². The second kappa shape index (κ2) is 6.71. The molecule has 0 aliphatic rings. The molecule has 0 amide bonds. The predicted molar refractivity (Wildman–Crippen MR) is 106 cm³/mol. The van der Waals surface area contributed by atoms with E-state index in [0.717, 1.165) is 16.6 Å². The van der Waals surface area contributed by atoms with Crippen molar-refractivity contribution in [3.05, 3.63) is 56.1 Å². The number of rotatable bonds is 3. The second-order valence-electron chi connectivity index (χ2n) is 7.74. The van der Waals surface area contributed by atoms with Gasteiger partial charge in [0.15, 0.2) is 0 Å². The molecule has 0 aliphatic carbocycles. The maximum atomic E-state index is 13.2. The molecule has 0 saturated carbocycles. The number of aromatic nitrogens is 4. The Morgan fingerprint density at radius 3 is 2.42 bits per heavy atom. The SMILES string of the molecule is CC(C)c1nn(Cc2ccc(Cl)c(Cl)c2)c(=O)c2c1cnn2C(C)(C)C. The summed E-state index contributed by atoms with van der Waals surface area (Å²) in [6, 6.07) is 5.34. The highest BCUT2D eigenvalue weighted by Gasteiger charge is 2.23. The molecular formula is C19H22Cl2N4O. The lowest BCUT2D eigenvalue weighted by Gasteiger charge is -2.21. The molecule has 0 fully saturated rings. The highest BCUT2D eigenvalue weighted by Crippen LogP contribution is 2.26. The average molecular weight is 393 g/mol. The van der Waals surface area contributed by atoms with E-state index in [2.05, 4.69) is 24.0 Å². The predicted octanol–water partition coefficient (Wildman–Crippen LogP) is 4.83. The van der Waals surface area contributed by atoms with Crippen molar-refractivity contribution in [2.24, 2.45) is 0 Å². The zero-order valence-electron chi connectivity index (χ0n) is 15.5. The molecule has 0 radical (unpaired) electrons. The van der Waals surface area contributed by atoms with Crippen molar-refractivity contribution in [3.8, 4) is 0 Å². The maximum absolute atomic E-state index is 13.2. The van der Waals surface area contributed by atoms with Gasteiger partial charge < -0.3 is 0 Å². The van der Waals surface area contributed by atoms with Crippen molar-refractivity contribution >= 4 is 34.1 Å². The molecule has 0 spiro atoms. The van der Waals surface area contributed by atoms with Crippen LogP contribution >= 0.6 is 23.2 Å². The van der Waals surface area contributed by atoms with Gasteiger partial charge in [-0.3, -0.25) is 9.48 Å². The van der Waals surface area contributed by atoms with Crippen LogP contribution in [-0.2, 0) is 12.1 Å². The molecule has 0 saturated heterocycles. The highest BCUT2D eigenvalue weighted by molar-refractivity contribution is 6.42. The number of halogens is 2. The standard InChI is InChI=1S/C19H22Cl2N4O/c1-11(2)16-13-9-22-25(19(3,4)5)17(13)18(26)24(23-16)10-12-6-7-14(20)15(21)8-12/h6-9,11H,10H2,1-5H3. The van der Waals surface area contributed by atoms with Crippen LogP contribution in [0.5, 0.6) is 0 Å². The average Bonchev–Trinajstić information content (AvgIpc) is 2.98. The van der Waals surface area contributed by atoms with Crippen LogP contribution in [-0.4, -0.2) is 19.6 Å². The first-order valence-corrected chi connectivity index (χ1v) is 9.28. The molecule has 7 heteroatoms. The molecule has 26 heavy (non-hydrogen) atoms. The van der Waals surface area contributed by atoms with Crippen LogP contribution in [0.15, 0.2) is 29.2 Å². The van der Waals surface area contributed by atoms with Gasteiger partial charge in [-0.05, 0) is 44.4 Å². The summed E-state index contributed by atoms with van der Waals surface area (Å²) in [5.41, 5.74) is 1.83. The summed E-state index contributed by atoms with van der Waals surface area (Å²) in [7, 11) is 0. The first-order valence-electron chi connectivity index (χ1n) is 8.52. The van der Waals surface area contributed by atoms with Crippen molar-refractivity contribution < 1.29 is 0 Å². The van der Waals surface area contributed by atoms with E-state index < -0.39 is 0 Å². The van der Waals surface area contributed by atoms with Crippen LogP contribution < -0.4 is 5.56 Å². The number of hydrogen-bond acceptors (Lipinski definition) is 3. The first kappa shape index (κ1) is 18.9. The Bertz CT molecular complexity index is 1030. The van der Waals surface area contributed by atoms with Gasteiger partial charge in [0.25, 0.3) is 5.56 Å². The Morgan fingerprint density at radius 1 is 1.15 bits per heavy atom. The lowest BCUT2D eigenvalue weighted by Crippen LogP contribution is -2.31. The molecule has 0 N–H and O–H groups in total. The molecule has 0 atom stereocenters. The summed E-state index contributed by atoms with van der Waals surface area (Å²) in [4.78, 5) is 13.2. The third kappa shape index (κ3) is 3.38. The van der Waals surface area contributed by atoms with E-state index in [9.17, 15) is 4.79 Å². The van der Waals surface area contributed by atoms with Crippen molar-refractivity contribution in [3.63, 3.8) is 0 Å². The Morgan fingerprint density at radius 2 is 1.85 bits per heavy atom. The monoisotopic (exact) mass is 392 g/mol. The molecule has 138 valence electrons. The molecule has 0 bridgehead atoms. The van der Waals surface area contributed by atoms with Gasteiger partial charge in [-0.15, -0.1) is 0 Å². The molecule has 0 unspecified atom stereocenters. The highest BCUT2D eigenvalue weighted by atomic mass is 35.5. The Labute approximate surface area is 162 Å². The largest absolute Gasteiger partial charge is 0.293 e. The summed E-state index contributed by atoms with van der Waals surface area (Å²) in [5, 5.41) is 10.8. The minimum atomic E-state index is -0.308. The molecule has 3 aromatic rings. The lowest BCUT2D eigenvalue weighted by atomic mass is 10.1. The number of nitrogens with zero attached hydrogens (tertiary/aromatic N) is 4. The van der Waals surface area contributed by atoms with Gasteiger partial charge in [-0.25, -0.2) is 4.68 Å². The van der Waals surface area contributed by atoms with Gasteiger partial charge in [-0.2, -0.15) is 10.2 Å². The summed E-state index contributed by atoms with van der Waals surface area (Å²) < 4.78 is 3.27. The molecule has 1 aromatic carbocycles. The van der Waals surface area contributed by atoms with Gasteiger partial charge in [0.1, 0.15) is 5.52 Å². The van der Waals surface area contributed by atoms with E-state index in [4.69, 9.17) is 23.2 Å². The van der Waals surface area contributed by atoms with Crippen LogP contribution in [0, 0.1) is 0 Å². The van der Waals surface area contributed by atoms with Crippen LogP contribution in [0.3, 0.4) is 0 Å². The Balaban J connectivity index is 2.23. The lowest BCUT2D eigenvalue weighted by molar-refractivity contribution is 0.366. The number of fused-ring (bicyclic) bond motifs is 1. The summed E-state index contributed by atoms with van der Waals surface area (Å²) in [6.45, 7) is 10.5. The van der Waals surface area contributed by atoms with Crippen molar-refractivity contribution in [2.75, 3.05) is 0 Å². The third-order valence-corrected chi connectivity index (χ3v) is 4.95. The minimum absolute atomic E-state index is 0.163. The van der Waals surface area contributed by atoms with Crippen LogP contribution in [0.25, 0.3) is 10.9 Å². The van der Waals surface area contributed by atoms with E-state index in [1.807, 2.05) is 26.8 Å². The zero-order valence-corrected chi connectivity index (χ0v) is 17.1. The van der Waals surface area contributed by atoms with E-state index in [-0.39, 0.29) is 17.0 Å². The van der Waals surface area contributed by atoms with Gasteiger partial charge in [0, 0.05) is 5.39 Å². The van der Waals surface area contributed by atoms with E-state index in [0.29, 0.717) is 22.1 Å². The number of benzene rings is 1. The van der Waals surface area contributed by atoms with Gasteiger partial charge in [-0.1, -0.05) is 43.1 Å². The molecule has 0 aliphatic heterocycles. The van der Waals surface area contributed by atoms with E-state index in [1.54, 1.807) is 23.0 Å². The Hall–Kier alpha value is -1.85. The van der Waals surface area contributed by atoms with Crippen LogP contribution in [0.1, 0.15) is 51.8 Å². The maximum Gasteiger partial charge on any atom is 0.293 e. The van der Waals surface area contributed by atoms with Gasteiger partial charge >= 0.3 is 0 Å². The van der Waals surface area contributed by atoms with Crippen molar-refractivity contribution in [1.29, 1.82) is 0 Å². The van der Waals surface area contributed by atoms with Crippen LogP contribution in [0.4, 0.5) is 0 Å².